The van der Waals surface area contributed by atoms with Crippen molar-refractivity contribution in [1.29, 1.82) is 0 Å². The van der Waals surface area contributed by atoms with Crippen molar-refractivity contribution in [3.05, 3.63) is 42.0 Å². The van der Waals surface area contributed by atoms with Crippen LogP contribution in [0.25, 0.3) is 5.69 Å². The maximum absolute atomic E-state index is 13.1. The van der Waals surface area contributed by atoms with Gasteiger partial charge < -0.3 is 9.80 Å². The summed E-state index contributed by atoms with van der Waals surface area (Å²) in [5.74, 6) is -0.364. The minimum atomic E-state index is -0.305. The number of likely N-dealkylation sites (tertiary alicyclic amines) is 2. The number of carbonyl (C=O) groups is 1. The average Bonchev–Trinajstić information content (AvgIpc) is 3.35. The van der Waals surface area contributed by atoms with E-state index in [2.05, 4.69) is 22.3 Å². The van der Waals surface area contributed by atoms with E-state index in [1.807, 2.05) is 4.90 Å². The van der Waals surface area contributed by atoms with Crippen LogP contribution < -0.4 is 0 Å². The third-order valence-corrected chi connectivity index (χ3v) is 5.38. The molecule has 2 fully saturated rings. The minimum Gasteiger partial charge on any atom is -0.333 e. The van der Waals surface area contributed by atoms with Crippen LogP contribution in [0, 0.1) is 5.82 Å². The Balaban J connectivity index is 1.53. The highest BCUT2D eigenvalue weighted by atomic mass is 19.1. The number of hydrogen-bond acceptors (Lipinski definition) is 4. The highest BCUT2D eigenvalue weighted by Crippen LogP contribution is 2.29. The van der Waals surface area contributed by atoms with Gasteiger partial charge in [0.1, 0.15) is 5.82 Å². The van der Waals surface area contributed by atoms with Gasteiger partial charge in [-0.25, -0.2) is 9.07 Å². The van der Waals surface area contributed by atoms with Gasteiger partial charge in [0, 0.05) is 18.6 Å². The first-order valence-corrected chi connectivity index (χ1v) is 8.83. The van der Waals surface area contributed by atoms with Crippen molar-refractivity contribution < 1.29 is 9.18 Å². The first kappa shape index (κ1) is 16.2. The SMILES string of the molecule is CN1CCC[C@@H]1[C@H]1CCCN1C(=O)c1cn(-c2ccc(F)cc2)nn1. The Hall–Kier alpha value is -2.28. The van der Waals surface area contributed by atoms with Gasteiger partial charge in [-0.2, -0.15) is 0 Å². The largest absolute Gasteiger partial charge is 0.333 e. The molecule has 1 amide bonds. The number of benzene rings is 1. The lowest BCUT2D eigenvalue weighted by Crippen LogP contribution is -2.47. The lowest BCUT2D eigenvalue weighted by atomic mass is 10.0. The predicted molar refractivity (Wildman–Crippen MR) is 91.0 cm³/mol. The van der Waals surface area contributed by atoms with E-state index in [1.54, 1.807) is 18.3 Å². The second-order valence-electron chi connectivity index (χ2n) is 6.92. The van der Waals surface area contributed by atoms with Crippen molar-refractivity contribution in [2.75, 3.05) is 20.1 Å². The van der Waals surface area contributed by atoms with Crippen LogP contribution in [0.5, 0.6) is 0 Å². The summed E-state index contributed by atoms with van der Waals surface area (Å²) in [6, 6.07) is 6.67. The highest BCUT2D eigenvalue weighted by Gasteiger charge is 2.39. The van der Waals surface area contributed by atoms with Crippen molar-refractivity contribution in [2.24, 2.45) is 0 Å². The standard InChI is InChI=1S/C18H22FN5O/c1-22-10-2-4-16(22)17-5-3-11-23(17)18(25)15-12-24(21-20-15)14-8-6-13(19)7-9-14/h6-9,12,16-17H,2-5,10-11H2,1H3/t16-,17-/m1/s1. The Morgan fingerprint density at radius 1 is 1.12 bits per heavy atom. The number of nitrogens with zero attached hydrogens (tertiary/aromatic N) is 5. The fourth-order valence-electron chi connectivity index (χ4n) is 4.10. The molecule has 25 heavy (non-hydrogen) atoms. The predicted octanol–water partition coefficient (Wildman–Crippen LogP) is 2.11. The molecule has 2 saturated heterocycles. The molecule has 6 nitrogen and oxygen atoms in total. The Morgan fingerprint density at radius 2 is 1.84 bits per heavy atom. The van der Waals surface area contributed by atoms with E-state index < -0.39 is 0 Å². The fraction of sp³-hybridized carbons (Fsp3) is 0.500. The maximum atomic E-state index is 13.1. The van der Waals surface area contributed by atoms with Crippen LogP contribution in [0.4, 0.5) is 4.39 Å². The second kappa shape index (κ2) is 6.55. The lowest BCUT2D eigenvalue weighted by Gasteiger charge is -2.32. The Labute approximate surface area is 146 Å². The fourth-order valence-corrected chi connectivity index (χ4v) is 4.10. The molecule has 3 heterocycles. The van der Waals surface area contributed by atoms with Gasteiger partial charge >= 0.3 is 0 Å². The quantitative estimate of drug-likeness (QED) is 0.856. The molecule has 7 heteroatoms. The van der Waals surface area contributed by atoms with E-state index in [4.69, 9.17) is 0 Å². The van der Waals surface area contributed by atoms with Crippen LogP contribution in [0.2, 0.25) is 0 Å². The summed E-state index contributed by atoms with van der Waals surface area (Å²) >= 11 is 0. The third kappa shape index (κ3) is 3.04. The van der Waals surface area contributed by atoms with Crippen LogP contribution in [0.3, 0.4) is 0 Å². The summed E-state index contributed by atoms with van der Waals surface area (Å²) in [5, 5.41) is 8.09. The summed E-state index contributed by atoms with van der Waals surface area (Å²) < 4.78 is 14.6. The summed E-state index contributed by atoms with van der Waals surface area (Å²) in [6.07, 6.45) is 6.05. The zero-order chi connectivity index (χ0) is 17.4. The molecule has 0 unspecified atom stereocenters. The van der Waals surface area contributed by atoms with Crippen LogP contribution >= 0.6 is 0 Å². The molecule has 0 bridgehead atoms. The molecule has 2 aromatic rings. The van der Waals surface area contributed by atoms with Gasteiger partial charge in [-0.3, -0.25) is 4.79 Å². The van der Waals surface area contributed by atoms with Crippen LogP contribution in [-0.2, 0) is 0 Å². The molecule has 132 valence electrons. The Bertz CT molecular complexity index is 759. The smallest absolute Gasteiger partial charge is 0.276 e. The Kier molecular flexibility index (Phi) is 4.25. The molecule has 1 aromatic carbocycles. The van der Waals surface area contributed by atoms with Gasteiger partial charge in [-0.05, 0) is 63.5 Å². The second-order valence-corrected chi connectivity index (χ2v) is 6.92. The molecule has 0 saturated carbocycles. The summed E-state index contributed by atoms with van der Waals surface area (Å²) in [6.45, 7) is 1.88. The van der Waals surface area contributed by atoms with Crippen molar-refractivity contribution in [3.8, 4) is 5.69 Å². The zero-order valence-corrected chi connectivity index (χ0v) is 14.3. The Morgan fingerprint density at radius 3 is 2.56 bits per heavy atom. The van der Waals surface area contributed by atoms with Gasteiger partial charge in [0.15, 0.2) is 5.69 Å². The number of rotatable bonds is 3. The van der Waals surface area contributed by atoms with E-state index in [-0.39, 0.29) is 17.8 Å². The third-order valence-electron chi connectivity index (χ3n) is 5.38. The van der Waals surface area contributed by atoms with Gasteiger partial charge in [0.05, 0.1) is 11.9 Å². The van der Waals surface area contributed by atoms with E-state index >= 15 is 0 Å². The van der Waals surface area contributed by atoms with E-state index in [0.29, 0.717) is 17.4 Å². The van der Waals surface area contributed by atoms with Gasteiger partial charge in [0.2, 0.25) is 0 Å². The number of aromatic nitrogens is 3. The number of amides is 1. The normalized spacial score (nSPS) is 24.2. The maximum Gasteiger partial charge on any atom is 0.276 e. The van der Waals surface area contributed by atoms with Crippen molar-refractivity contribution in [3.63, 3.8) is 0 Å². The molecule has 1 aromatic heterocycles. The first-order chi connectivity index (χ1) is 12.1. The van der Waals surface area contributed by atoms with Crippen molar-refractivity contribution in [2.45, 2.75) is 37.8 Å². The number of likely N-dealkylation sites (N-methyl/N-ethyl adjacent to an activating group) is 1. The topological polar surface area (TPSA) is 54.3 Å². The number of hydrogen-bond donors (Lipinski definition) is 0. The molecule has 0 spiro atoms. The monoisotopic (exact) mass is 343 g/mol. The van der Waals surface area contributed by atoms with Crippen LogP contribution in [0.15, 0.2) is 30.5 Å². The van der Waals surface area contributed by atoms with Gasteiger partial charge in [0.25, 0.3) is 5.91 Å². The summed E-state index contributed by atoms with van der Waals surface area (Å²) in [4.78, 5) is 17.3. The minimum absolute atomic E-state index is 0.0591. The van der Waals surface area contributed by atoms with Crippen LogP contribution in [0.1, 0.15) is 36.2 Å². The lowest BCUT2D eigenvalue weighted by molar-refractivity contribution is 0.0658. The average molecular weight is 343 g/mol. The van der Waals surface area contributed by atoms with Gasteiger partial charge in [-0.1, -0.05) is 5.21 Å². The van der Waals surface area contributed by atoms with Crippen molar-refractivity contribution >= 4 is 5.91 Å². The number of carbonyl (C=O) groups excluding carboxylic acids is 1. The molecule has 0 radical (unpaired) electrons. The molecule has 4 rings (SSSR count). The van der Waals surface area contributed by atoms with Crippen LogP contribution in [-0.4, -0.2) is 62.9 Å². The zero-order valence-electron chi connectivity index (χ0n) is 14.3. The number of halogens is 1. The van der Waals surface area contributed by atoms with E-state index in [1.165, 1.54) is 23.2 Å². The molecular formula is C18H22FN5O. The molecule has 2 aliphatic rings. The molecule has 0 N–H and O–H groups in total. The molecular weight excluding hydrogens is 321 g/mol. The molecule has 2 atom stereocenters. The van der Waals surface area contributed by atoms with E-state index in [0.717, 1.165) is 32.4 Å². The summed E-state index contributed by atoms with van der Waals surface area (Å²) in [7, 11) is 2.14. The van der Waals surface area contributed by atoms with E-state index in [9.17, 15) is 9.18 Å². The van der Waals surface area contributed by atoms with Gasteiger partial charge in [-0.15, -0.1) is 5.10 Å². The summed E-state index contributed by atoms with van der Waals surface area (Å²) in [5.41, 5.74) is 1.03. The van der Waals surface area contributed by atoms with Crippen molar-refractivity contribution in [1.82, 2.24) is 24.8 Å². The molecule has 2 aliphatic heterocycles. The highest BCUT2D eigenvalue weighted by molar-refractivity contribution is 5.92. The molecule has 0 aliphatic carbocycles. The first-order valence-electron chi connectivity index (χ1n) is 8.83.